The van der Waals surface area contributed by atoms with Crippen molar-refractivity contribution in [2.45, 2.75) is 51.5 Å². The topological polar surface area (TPSA) is 110 Å². The standard InChI is InChI=1S/C26H27F3N4O3/c1-26(2,3)24-23(34)17(30)11-20(36-24)13-9-10-31-12-19(13)33-25(35)18-8-7-16(29)22(32-18)21-14(27)5-4-6-15(21)28/h4-10,12,17,20,23-24,34H,11,30H2,1-3H3,(H,33,35)/t17-,20+,23-,24-/m0/s1. The first-order chi connectivity index (χ1) is 17.0. The van der Waals surface area contributed by atoms with Crippen LogP contribution in [-0.2, 0) is 4.74 Å². The molecular weight excluding hydrogens is 473 g/mol. The molecule has 0 bridgehead atoms. The van der Waals surface area contributed by atoms with E-state index in [9.17, 15) is 23.1 Å². The maximum Gasteiger partial charge on any atom is 0.274 e. The van der Waals surface area contributed by atoms with E-state index in [2.05, 4.69) is 15.3 Å². The number of anilines is 1. The summed E-state index contributed by atoms with van der Waals surface area (Å²) in [5.41, 5.74) is 5.15. The van der Waals surface area contributed by atoms with Gasteiger partial charge in [-0.2, -0.15) is 0 Å². The minimum Gasteiger partial charge on any atom is -0.389 e. The molecule has 0 unspecified atom stereocenters. The highest BCUT2D eigenvalue weighted by molar-refractivity contribution is 6.03. The molecule has 3 aromatic rings. The molecular formula is C26H27F3N4O3. The number of hydrogen-bond donors (Lipinski definition) is 3. The summed E-state index contributed by atoms with van der Waals surface area (Å²) >= 11 is 0. The highest BCUT2D eigenvalue weighted by Gasteiger charge is 2.43. The molecule has 4 N–H and O–H groups in total. The van der Waals surface area contributed by atoms with Crippen LogP contribution in [0.1, 0.15) is 49.3 Å². The first-order valence-corrected chi connectivity index (χ1v) is 11.4. The van der Waals surface area contributed by atoms with E-state index in [1.54, 1.807) is 6.07 Å². The molecule has 1 amide bonds. The molecule has 4 rings (SSSR count). The van der Waals surface area contributed by atoms with E-state index in [1.807, 2.05) is 20.8 Å². The number of nitrogens with two attached hydrogens (primary N) is 1. The second-order valence-corrected chi connectivity index (χ2v) is 9.84. The zero-order chi connectivity index (χ0) is 26.2. The Morgan fingerprint density at radius 1 is 1.11 bits per heavy atom. The SMILES string of the molecule is CC(C)(C)[C@H]1O[C@@H](c2ccncc2NC(=O)c2ccc(F)c(-c3c(F)cccc3F)n2)C[C@H](N)[C@@H]1O. The summed E-state index contributed by atoms with van der Waals surface area (Å²) in [4.78, 5) is 21.0. The molecule has 0 saturated carbocycles. The van der Waals surface area contributed by atoms with Crippen LogP contribution in [-0.4, -0.2) is 39.2 Å². The minimum atomic E-state index is -1.00. The quantitative estimate of drug-likeness (QED) is 0.491. The van der Waals surface area contributed by atoms with Gasteiger partial charge in [0, 0.05) is 17.8 Å². The Morgan fingerprint density at radius 2 is 1.81 bits per heavy atom. The highest BCUT2D eigenvalue weighted by atomic mass is 19.1. The second-order valence-electron chi connectivity index (χ2n) is 9.84. The number of aromatic nitrogens is 2. The number of carbonyl (C=O) groups is 1. The Labute approximate surface area is 206 Å². The summed E-state index contributed by atoms with van der Waals surface area (Å²) in [5, 5.41) is 13.2. The van der Waals surface area contributed by atoms with Gasteiger partial charge in [-0.05, 0) is 42.2 Å². The number of aliphatic hydroxyl groups is 1. The van der Waals surface area contributed by atoms with Crippen LogP contribution < -0.4 is 11.1 Å². The van der Waals surface area contributed by atoms with Crippen molar-refractivity contribution in [1.29, 1.82) is 0 Å². The van der Waals surface area contributed by atoms with E-state index < -0.39 is 64.4 Å². The Bertz CT molecular complexity index is 1260. The minimum absolute atomic E-state index is 0.256. The van der Waals surface area contributed by atoms with Gasteiger partial charge in [-0.1, -0.05) is 26.8 Å². The van der Waals surface area contributed by atoms with Crippen LogP contribution >= 0.6 is 0 Å². The molecule has 10 heteroatoms. The third-order valence-electron chi connectivity index (χ3n) is 6.13. The molecule has 2 aromatic heterocycles. The lowest BCUT2D eigenvalue weighted by molar-refractivity contribution is -0.167. The van der Waals surface area contributed by atoms with E-state index >= 15 is 0 Å². The zero-order valence-corrected chi connectivity index (χ0v) is 20.0. The van der Waals surface area contributed by atoms with Gasteiger partial charge in [0.2, 0.25) is 0 Å². The fourth-order valence-corrected chi connectivity index (χ4v) is 4.29. The summed E-state index contributed by atoms with van der Waals surface area (Å²) in [7, 11) is 0. The molecule has 4 atom stereocenters. The van der Waals surface area contributed by atoms with Gasteiger partial charge in [-0.3, -0.25) is 9.78 Å². The average molecular weight is 501 g/mol. The number of rotatable bonds is 4. The lowest BCUT2D eigenvalue weighted by Gasteiger charge is -2.44. The number of nitrogens with one attached hydrogen (secondary N) is 1. The third-order valence-corrected chi connectivity index (χ3v) is 6.13. The van der Waals surface area contributed by atoms with Gasteiger partial charge >= 0.3 is 0 Å². The van der Waals surface area contributed by atoms with Crippen molar-refractivity contribution in [3.05, 3.63) is 77.5 Å². The fourth-order valence-electron chi connectivity index (χ4n) is 4.29. The first-order valence-electron chi connectivity index (χ1n) is 11.4. The predicted molar refractivity (Wildman–Crippen MR) is 127 cm³/mol. The predicted octanol–water partition coefficient (Wildman–Crippen LogP) is 4.38. The van der Waals surface area contributed by atoms with Crippen LogP contribution in [0, 0.1) is 22.9 Å². The van der Waals surface area contributed by atoms with Gasteiger partial charge in [0.05, 0.1) is 35.8 Å². The normalized spacial score (nSPS) is 22.3. The molecule has 1 aliphatic heterocycles. The summed E-state index contributed by atoms with van der Waals surface area (Å²) in [5.74, 6) is -3.73. The molecule has 1 aromatic carbocycles. The van der Waals surface area contributed by atoms with E-state index in [0.717, 1.165) is 30.3 Å². The van der Waals surface area contributed by atoms with Crippen LogP contribution in [0.2, 0.25) is 0 Å². The van der Waals surface area contributed by atoms with Crippen LogP contribution in [0.3, 0.4) is 0 Å². The Hall–Kier alpha value is -3.34. The summed E-state index contributed by atoms with van der Waals surface area (Å²) in [6, 6.07) is 6.25. The van der Waals surface area contributed by atoms with E-state index in [1.165, 1.54) is 12.4 Å². The Morgan fingerprint density at radius 3 is 2.47 bits per heavy atom. The van der Waals surface area contributed by atoms with E-state index in [0.29, 0.717) is 17.7 Å². The van der Waals surface area contributed by atoms with E-state index in [4.69, 9.17) is 10.5 Å². The maximum absolute atomic E-state index is 14.4. The number of aliphatic hydroxyl groups excluding tert-OH is 1. The van der Waals surface area contributed by atoms with Gasteiger partial charge in [0.25, 0.3) is 5.91 Å². The van der Waals surface area contributed by atoms with Crippen molar-refractivity contribution in [1.82, 2.24) is 9.97 Å². The van der Waals surface area contributed by atoms with Gasteiger partial charge in [-0.15, -0.1) is 0 Å². The summed E-state index contributed by atoms with van der Waals surface area (Å²) in [6.07, 6.45) is 1.29. The number of benzene rings is 1. The number of amides is 1. The molecule has 0 aliphatic carbocycles. The number of hydrogen-bond acceptors (Lipinski definition) is 6. The molecule has 1 fully saturated rings. The largest absolute Gasteiger partial charge is 0.389 e. The number of pyridine rings is 2. The molecule has 190 valence electrons. The second kappa shape index (κ2) is 9.96. The monoisotopic (exact) mass is 500 g/mol. The number of halogens is 3. The zero-order valence-electron chi connectivity index (χ0n) is 20.0. The third kappa shape index (κ3) is 5.11. The van der Waals surface area contributed by atoms with Crippen LogP contribution in [0.25, 0.3) is 11.3 Å². The Balaban J connectivity index is 1.64. The van der Waals surface area contributed by atoms with Crippen molar-refractivity contribution < 1.29 is 27.8 Å². The summed E-state index contributed by atoms with van der Waals surface area (Å²) < 4.78 is 49.1. The van der Waals surface area contributed by atoms with Crippen molar-refractivity contribution in [2.24, 2.45) is 11.1 Å². The van der Waals surface area contributed by atoms with Crippen LogP contribution in [0.4, 0.5) is 18.9 Å². The van der Waals surface area contributed by atoms with Gasteiger partial charge < -0.3 is 20.9 Å². The lowest BCUT2D eigenvalue weighted by atomic mass is 9.79. The molecule has 7 nitrogen and oxygen atoms in total. The lowest BCUT2D eigenvalue weighted by Crippen LogP contribution is -2.54. The van der Waals surface area contributed by atoms with Crippen molar-refractivity contribution in [2.75, 3.05) is 5.32 Å². The van der Waals surface area contributed by atoms with Crippen LogP contribution in [0.5, 0.6) is 0 Å². The smallest absolute Gasteiger partial charge is 0.274 e. The van der Waals surface area contributed by atoms with Gasteiger partial charge in [0.15, 0.2) is 0 Å². The molecule has 1 aliphatic rings. The number of ether oxygens (including phenoxy) is 1. The average Bonchev–Trinajstić information content (AvgIpc) is 2.81. The van der Waals surface area contributed by atoms with Crippen molar-refractivity contribution in [3.63, 3.8) is 0 Å². The Kier molecular flexibility index (Phi) is 7.12. The van der Waals surface area contributed by atoms with Gasteiger partial charge in [-0.25, -0.2) is 18.2 Å². The summed E-state index contributed by atoms with van der Waals surface area (Å²) in [6.45, 7) is 5.80. The number of nitrogens with zero attached hydrogens (tertiary/aromatic N) is 2. The molecule has 1 saturated heterocycles. The van der Waals surface area contributed by atoms with Gasteiger partial charge in [0.1, 0.15) is 28.8 Å². The first kappa shape index (κ1) is 25.7. The molecule has 0 radical (unpaired) electrons. The maximum atomic E-state index is 14.4. The molecule has 0 spiro atoms. The van der Waals surface area contributed by atoms with Crippen LogP contribution in [0.15, 0.2) is 48.8 Å². The van der Waals surface area contributed by atoms with E-state index in [-0.39, 0.29) is 5.69 Å². The number of carbonyl (C=O) groups excluding carboxylic acids is 1. The molecule has 3 heterocycles. The van der Waals surface area contributed by atoms with Crippen molar-refractivity contribution in [3.8, 4) is 11.3 Å². The fraction of sp³-hybridized carbons (Fsp3) is 0.346. The van der Waals surface area contributed by atoms with Crippen molar-refractivity contribution >= 4 is 11.6 Å². The highest BCUT2D eigenvalue weighted by Crippen LogP contribution is 2.40. The molecule has 36 heavy (non-hydrogen) atoms.